The molecule has 0 spiro atoms. The number of hydrogen-bond acceptors (Lipinski definition) is 2. The summed E-state index contributed by atoms with van der Waals surface area (Å²) in [6.07, 6.45) is 5.51. The third-order valence-electron chi connectivity index (χ3n) is 3.35. The summed E-state index contributed by atoms with van der Waals surface area (Å²) in [7, 11) is -3.07. The van der Waals surface area contributed by atoms with Crippen LogP contribution in [0.15, 0.2) is 0 Å². The van der Waals surface area contributed by atoms with Crippen molar-refractivity contribution in [1.82, 2.24) is 4.72 Å². The van der Waals surface area contributed by atoms with E-state index in [1.807, 2.05) is 13.8 Å². The molecule has 0 bridgehead atoms. The third-order valence-corrected chi connectivity index (χ3v) is 5.93. The zero-order valence-electron chi connectivity index (χ0n) is 10.8. The number of hydrogen-bond donors (Lipinski definition) is 1. The summed E-state index contributed by atoms with van der Waals surface area (Å²) in [5.74, 6) is 1.15. The van der Waals surface area contributed by atoms with Gasteiger partial charge in [-0.05, 0) is 31.1 Å². The summed E-state index contributed by atoms with van der Waals surface area (Å²) >= 11 is 3.65. The molecule has 17 heavy (non-hydrogen) atoms. The second-order valence-corrected chi connectivity index (χ2v) is 8.51. The van der Waals surface area contributed by atoms with Gasteiger partial charge in [-0.2, -0.15) is 0 Å². The van der Waals surface area contributed by atoms with Crippen molar-refractivity contribution in [1.29, 1.82) is 0 Å². The molecule has 1 rings (SSSR count). The van der Waals surface area contributed by atoms with Gasteiger partial charge in [-0.15, -0.1) is 0 Å². The lowest BCUT2D eigenvalue weighted by molar-refractivity contribution is 0.373. The van der Waals surface area contributed by atoms with E-state index in [1.165, 1.54) is 19.3 Å². The highest BCUT2D eigenvalue weighted by Crippen LogP contribution is 2.29. The van der Waals surface area contributed by atoms with Gasteiger partial charge >= 0.3 is 0 Å². The first-order chi connectivity index (χ1) is 7.91. The van der Waals surface area contributed by atoms with Gasteiger partial charge in [0.05, 0.1) is 5.75 Å². The molecule has 0 saturated heterocycles. The van der Waals surface area contributed by atoms with Gasteiger partial charge in [0.1, 0.15) is 0 Å². The zero-order valence-corrected chi connectivity index (χ0v) is 13.2. The Labute approximate surface area is 114 Å². The predicted octanol–water partition coefficient (Wildman–Crippen LogP) is 2.91. The van der Waals surface area contributed by atoms with E-state index in [0.717, 1.165) is 12.8 Å². The van der Waals surface area contributed by atoms with Crippen LogP contribution in [0.2, 0.25) is 0 Å². The SMILES string of the molecule is CC(C)CCS(=O)(=O)NCC1CCCCC1Br. The van der Waals surface area contributed by atoms with Crippen LogP contribution >= 0.6 is 15.9 Å². The monoisotopic (exact) mass is 325 g/mol. The Morgan fingerprint density at radius 1 is 1.29 bits per heavy atom. The predicted molar refractivity (Wildman–Crippen MR) is 75.9 cm³/mol. The molecule has 102 valence electrons. The minimum Gasteiger partial charge on any atom is -0.215 e. The minimum atomic E-state index is -3.07. The van der Waals surface area contributed by atoms with E-state index in [-0.39, 0.29) is 5.75 Å². The fraction of sp³-hybridized carbons (Fsp3) is 1.00. The first-order valence-electron chi connectivity index (χ1n) is 6.52. The Kier molecular flexibility index (Phi) is 6.45. The number of nitrogens with one attached hydrogen (secondary N) is 1. The molecular weight excluding hydrogens is 302 g/mol. The molecular formula is C12H24BrNO2S. The Hall–Kier alpha value is 0.390. The number of sulfonamides is 1. The van der Waals surface area contributed by atoms with Crippen molar-refractivity contribution in [2.45, 2.75) is 50.8 Å². The van der Waals surface area contributed by atoms with Crippen LogP contribution in [0.1, 0.15) is 46.0 Å². The standard InChI is InChI=1S/C12H24BrNO2S/c1-10(2)7-8-17(15,16)14-9-11-5-3-4-6-12(11)13/h10-12,14H,3-9H2,1-2H3. The molecule has 0 amide bonds. The second kappa shape index (κ2) is 7.10. The molecule has 0 aromatic heterocycles. The normalized spacial score (nSPS) is 26.4. The maximum Gasteiger partial charge on any atom is 0.211 e. The lowest BCUT2D eigenvalue weighted by Crippen LogP contribution is -2.35. The highest BCUT2D eigenvalue weighted by atomic mass is 79.9. The Morgan fingerprint density at radius 2 is 1.94 bits per heavy atom. The van der Waals surface area contributed by atoms with Gasteiger partial charge in [-0.3, -0.25) is 0 Å². The van der Waals surface area contributed by atoms with Crippen LogP contribution < -0.4 is 4.72 Å². The fourth-order valence-electron chi connectivity index (χ4n) is 2.09. The molecule has 1 saturated carbocycles. The Bertz CT molecular complexity index is 316. The van der Waals surface area contributed by atoms with E-state index in [2.05, 4.69) is 20.7 Å². The molecule has 1 N–H and O–H groups in total. The molecule has 0 heterocycles. The topological polar surface area (TPSA) is 46.2 Å². The van der Waals surface area contributed by atoms with Gasteiger partial charge < -0.3 is 0 Å². The zero-order chi connectivity index (χ0) is 12.9. The van der Waals surface area contributed by atoms with Crippen LogP contribution in [0, 0.1) is 11.8 Å². The third kappa shape index (κ3) is 6.20. The smallest absolute Gasteiger partial charge is 0.211 e. The van der Waals surface area contributed by atoms with Crippen molar-refractivity contribution in [3.63, 3.8) is 0 Å². The summed E-state index contributed by atoms with van der Waals surface area (Å²) in [6, 6.07) is 0. The van der Waals surface area contributed by atoms with Gasteiger partial charge in [0.15, 0.2) is 0 Å². The molecule has 5 heteroatoms. The van der Waals surface area contributed by atoms with Crippen molar-refractivity contribution >= 4 is 26.0 Å². The van der Waals surface area contributed by atoms with E-state index in [0.29, 0.717) is 23.2 Å². The highest BCUT2D eigenvalue weighted by molar-refractivity contribution is 9.09. The molecule has 2 unspecified atom stereocenters. The molecule has 0 aromatic carbocycles. The van der Waals surface area contributed by atoms with E-state index < -0.39 is 10.0 Å². The van der Waals surface area contributed by atoms with Gasteiger partial charge in [-0.1, -0.05) is 42.6 Å². The van der Waals surface area contributed by atoms with Crippen molar-refractivity contribution in [2.24, 2.45) is 11.8 Å². The van der Waals surface area contributed by atoms with E-state index in [9.17, 15) is 8.42 Å². The van der Waals surface area contributed by atoms with Crippen LogP contribution in [-0.4, -0.2) is 25.5 Å². The highest BCUT2D eigenvalue weighted by Gasteiger charge is 2.24. The van der Waals surface area contributed by atoms with Gasteiger partial charge in [0, 0.05) is 11.4 Å². The van der Waals surface area contributed by atoms with Gasteiger partial charge in [-0.25, -0.2) is 13.1 Å². The van der Waals surface area contributed by atoms with Crippen LogP contribution in [0.25, 0.3) is 0 Å². The summed E-state index contributed by atoms with van der Waals surface area (Å²) < 4.78 is 26.3. The van der Waals surface area contributed by atoms with Crippen LogP contribution in [-0.2, 0) is 10.0 Å². The van der Waals surface area contributed by atoms with Gasteiger partial charge in [0.2, 0.25) is 10.0 Å². The van der Waals surface area contributed by atoms with E-state index >= 15 is 0 Å². The first kappa shape index (κ1) is 15.4. The molecule has 1 fully saturated rings. The maximum atomic E-state index is 11.8. The van der Waals surface area contributed by atoms with Crippen molar-refractivity contribution in [2.75, 3.05) is 12.3 Å². The fourth-order valence-corrected chi connectivity index (χ4v) is 4.26. The number of alkyl halides is 1. The largest absolute Gasteiger partial charge is 0.215 e. The molecule has 0 radical (unpaired) electrons. The van der Waals surface area contributed by atoms with E-state index in [4.69, 9.17) is 0 Å². The number of halogens is 1. The molecule has 0 aromatic rings. The summed E-state index contributed by atoms with van der Waals surface area (Å²) in [6.45, 7) is 4.69. The minimum absolute atomic E-state index is 0.254. The first-order valence-corrected chi connectivity index (χ1v) is 9.09. The lowest BCUT2D eigenvalue weighted by atomic mass is 9.89. The average Bonchev–Trinajstić information content (AvgIpc) is 2.26. The van der Waals surface area contributed by atoms with Crippen LogP contribution in [0.5, 0.6) is 0 Å². The van der Waals surface area contributed by atoms with Crippen molar-refractivity contribution in [3.05, 3.63) is 0 Å². The average molecular weight is 326 g/mol. The quantitative estimate of drug-likeness (QED) is 0.763. The van der Waals surface area contributed by atoms with Crippen LogP contribution in [0.3, 0.4) is 0 Å². The second-order valence-electron chi connectivity index (χ2n) is 5.41. The lowest BCUT2D eigenvalue weighted by Gasteiger charge is -2.27. The Morgan fingerprint density at radius 3 is 2.53 bits per heavy atom. The summed E-state index contributed by atoms with van der Waals surface area (Å²) in [4.78, 5) is 0.476. The van der Waals surface area contributed by atoms with E-state index in [1.54, 1.807) is 0 Å². The number of rotatable bonds is 6. The summed E-state index contributed by atoms with van der Waals surface area (Å²) in [5.41, 5.74) is 0. The van der Waals surface area contributed by atoms with Crippen molar-refractivity contribution in [3.8, 4) is 0 Å². The molecule has 1 aliphatic rings. The Balaban J connectivity index is 2.33. The summed E-state index contributed by atoms with van der Waals surface area (Å²) in [5, 5.41) is 0. The van der Waals surface area contributed by atoms with Crippen molar-refractivity contribution < 1.29 is 8.42 Å². The maximum absolute atomic E-state index is 11.8. The molecule has 0 aliphatic heterocycles. The molecule has 3 nitrogen and oxygen atoms in total. The molecule has 2 atom stereocenters. The molecule has 1 aliphatic carbocycles. The van der Waals surface area contributed by atoms with Gasteiger partial charge in [0.25, 0.3) is 0 Å². The van der Waals surface area contributed by atoms with Crippen LogP contribution in [0.4, 0.5) is 0 Å².